The number of hydrogen-bond donors (Lipinski definition) is 3. The third-order valence-electron chi connectivity index (χ3n) is 5.86. The normalized spacial score (nSPS) is 22.1. The summed E-state index contributed by atoms with van der Waals surface area (Å²) in [6, 6.07) is 7.20. The Kier molecular flexibility index (Phi) is 6.46. The van der Waals surface area contributed by atoms with Crippen LogP contribution in [0.1, 0.15) is 18.5 Å². The first-order valence-corrected chi connectivity index (χ1v) is 10.8. The van der Waals surface area contributed by atoms with E-state index in [0.29, 0.717) is 37.9 Å². The predicted molar refractivity (Wildman–Crippen MR) is 116 cm³/mol. The second-order valence-corrected chi connectivity index (χ2v) is 8.39. The second-order valence-electron chi connectivity index (χ2n) is 7.96. The van der Waals surface area contributed by atoms with Gasteiger partial charge >= 0.3 is 6.03 Å². The van der Waals surface area contributed by atoms with Crippen molar-refractivity contribution in [3.8, 4) is 0 Å². The molecular formula is C21H28ClN5O3. The number of ether oxygens (including phenoxy) is 1. The quantitative estimate of drug-likeness (QED) is 0.687. The molecule has 3 amide bonds. The van der Waals surface area contributed by atoms with Gasteiger partial charge in [0.2, 0.25) is 5.91 Å². The van der Waals surface area contributed by atoms with Gasteiger partial charge in [-0.25, -0.2) is 4.79 Å². The number of carbonyl (C=O) groups excluding carboxylic acids is 2. The van der Waals surface area contributed by atoms with E-state index in [4.69, 9.17) is 16.3 Å². The second kappa shape index (κ2) is 9.24. The molecular weight excluding hydrogens is 406 g/mol. The smallest absolute Gasteiger partial charge is 0.317 e. The number of benzene rings is 1. The lowest BCUT2D eigenvalue weighted by atomic mass is 10.0. The van der Waals surface area contributed by atoms with E-state index in [1.807, 2.05) is 29.2 Å². The first-order valence-electron chi connectivity index (χ1n) is 10.4. The summed E-state index contributed by atoms with van der Waals surface area (Å²) in [6.07, 6.45) is 1.76. The van der Waals surface area contributed by atoms with E-state index in [0.717, 1.165) is 36.0 Å². The summed E-state index contributed by atoms with van der Waals surface area (Å²) >= 11 is 6.04. The molecule has 2 aliphatic rings. The van der Waals surface area contributed by atoms with Crippen molar-refractivity contribution in [2.75, 3.05) is 39.9 Å². The molecule has 2 atom stereocenters. The van der Waals surface area contributed by atoms with Crippen molar-refractivity contribution in [3.05, 3.63) is 35.0 Å². The van der Waals surface area contributed by atoms with Crippen LogP contribution >= 0.6 is 11.6 Å². The number of hydrogen-bond acceptors (Lipinski definition) is 4. The van der Waals surface area contributed by atoms with Gasteiger partial charge in [0, 0.05) is 48.3 Å². The fourth-order valence-corrected chi connectivity index (χ4v) is 4.32. The van der Waals surface area contributed by atoms with Crippen molar-refractivity contribution in [2.45, 2.75) is 31.5 Å². The van der Waals surface area contributed by atoms with E-state index >= 15 is 0 Å². The molecule has 162 valence electrons. The summed E-state index contributed by atoms with van der Waals surface area (Å²) in [5.41, 5.74) is 1.90. The van der Waals surface area contributed by atoms with Gasteiger partial charge in [-0.05, 0) is 37.1 Å². The van der Waals surface area contributed by atoms with Gasteiger partial charge in [-0.2, -0.15) is 0 Å². The number of aromatic nitrogens is 1. The Bertz CT molecular complexity index is 911. The van der Waals surface area contributed by atoms with Crippen molar-refractivity contribution in [3.63, 3.8) is 0 Å². The van der Waals surface area contributed by atoms with Gasteiger partial charge in [0.1, 0.15) is 6.04 Å². The summed E-state index contributed by atoms with van der Waals surface area (Å²) in [4.78, 5) is 32.3. The molecule has 9 heteroatoms. The number of piperidine rings is 1. The fraction of sp³-hybridized carbons (Fsp3) is 0.524. The SMILES string of the molecule is CN(C(=O)NCc1cc2cc(Cl)ccc2[nH]1)C1CCCN(C(=O)C2COCCN2)C1. The molecule has 0 saturated carbocycles. The van der Waals surface area contributed by atoms with Gasteiger partial charge in [0.15, 0.2) is 0 Å². The van der Waals surface area contributed by atoms with E-state index in [1.54, 1.807) is 11.9 Å². The van der Waals surface area contributed by atoms with Crippen LogP contribution in [0, 0.1) is 0 Å². The Labute approximate surface area is 180 Å². The van der Waals surface area contributed by atoms with E-state index in [1.165, 1.54) is 0 Å². The van der Waals surface area contributed by atoms with Gasteiger partial charge in [0.25, 0.3) is 0 Å². The number of nitrogens with one attached hydrogen (secondary N) is 3. The Morgan fingerprint density at radius 1 is 1.37 bits per heavy atom. The van der Waals surface area contributed by atoms with Gasteiger partial charge in [-0.15, -0.1) is 0 Å². The number of carbonyl (C=O) groups is 2. The van der Waals surface area contributed by atoms with Crippen LogP contribution in [0.2, 0.25) is 5.02 Å². The summed E-state index contributed by atoms with van der Waals surface area (Å²) in [5.74, 6) is 0.0601. The Morgan fingerprint density at radius 2 is 2.23 bits per heavy atom. The van der Waals surface area contributed by atoms with Crippen molar-refractivity contribution in [1.29, 1.82) is 0 Å². The molecule has 0 bridgehead atoms. The molecule has 8 nitrogen and oxygen atoms in total. The van der Waals surface area contributed by atoms with Crippen molar-refractivity contribution in [1.82, 2.24) is 25.4 Å². The van der Waals surface area contributed by atoms with Crippen LogP contribution in [-0.4, -0.2) is 78.7 Å². The molecule has 2 aromatic rings. The highest BCUT2D eigenvalue weighted by atomic mass is 35.5. The van der Waals surface area contributed by atoms with Crippen LogP contribution in [0.4, 0.5) is 4.79 Å². The van der Waals surface area contributed by atoms with E-state index in [2.05, 4.69) is 15.6 Å². The topological polar surface area (TPSA) is 89.7 Å². The lowest BCUT2D eigenvalue weighted by Crippen LogP contribution is -2.58. The number of morpholine rings is 1. The molecule has 2 aliphatic heterocycles. The molecule has 0 spiro atoms. The van der Waals surface area contributed by atoms with E-state index in [9.17, 15) is 9.59 Å². The molecule has 3 N–H and O–H groups in total. The van der Waals surface area contributed by atoms with Crippen LogP contribution in [0.15, 0.2) is 24.3 Å². The molecule has 1 aromatic carbocycles. The molecule has 0 aliphatic carbocycles. The van der Waals surface area contributed by atoms with E-state index in [-0.39, 0.29) is 24.0 Å². The number of halogens is 1. The number of H-pyrrole nitrogens is 1. The van der Waals surface area contributed by atoms with Crippen molar-refractivity contribution < 1.29 is 14.3 Å². The minimum Gasteiger partial charge on any atom is -0.378 e. The zero-order chi connectivity index (χ0) is 21.1. The van der Waals surface area contributed by atoms with E-state index < -0.39 is 0 Å². The molecule has 30 heavy (non-hydrogen) atoms. The number of fused-ring (bicyclic) bond motifs is 1. The van der Waals surface area contributed by atoms with Crippen LogP contribution in [-0.2, 0) is 16.1 Å². The number of likely N-dealkylation sites (tertiary alicyclic amines) is 1. The van der Waals surface area contributed by atoms with Crippen LogP contribution < -0.4 is 10.6 Å². The predicted octanol–water partition coefficient (Wildman–Crippen LogP) is 1.94. The van der Waals surface area contributed by atoms with Crippen LogP contribution in [0.25, 0.3) is 10.9 Å². The Balaban J connectivity index is 1.31. The highest BCUT2D eigenvalue weighted by molar-refractivity contribution is 6.31. The lowest BCUT2D eigenvalue weighted by Gasteiger charge is -2.39. The molecule has 1 aromatic heterocycles. The average Bonchev–Trinajstić information content (AvgIpc) is 3.19. The third kappa shape index (κ3) is 4.71. The number of nitrogens with zero attached hydrogens (tertiary/aromatic N) is 2. The molecule has 2 fully saturated rings. The molecule has 2 unspecified atom stereocenters. The fourth-order valence-electron chi connectivity index (χ4n) is 4.14. The number of urea groups is 1. The van der Waals surface area contributed by atoms with Gasteiger partial charge in [-0.1, -0.05) is 11.6 Å². The molecule has 3 heterocycles. The monoisotopic (exact) mass is 433 g/mol. The lowest BCUT2D eigenvalue weighted by molar-refractivity contribution is -0.138. The number of likely N-dealkylation sites (N-methyl/N-ethyl adjacent to an activating group) is 1. The summed E-state index contributed by atoms with van der Waals surface area (Å²) in [5, 5.41) is 7.88. The van der Waals surface area contributed by atoms with Crippen LogP contribution in [0.5, 0.6) is 0 Å². The van der Waals surface area contributed by atoms with Crippen LogP contribution in [0.3, 0.4) is 0 Å². The third-order valence-corrected chi connectivity index (χ3v) is 6.10. The number of aromatic amines is 1. The minimum absolute atomic E-state index is 0.00581. The summed E-state index contributed by atoms with van der Waals surface area (Å²) in [7, 11) is 1.79. The standard InChI is InChI=1S/C21H28ClN5O3/c1-26(17-3-2-7-27(12-17)20(28)19-13-30-8-6-23-19)21(29)24-11-16-10-14-9-15(22)4-5-18(14)25-16/h4-5,9-10,17,19,23,25H,2-3,6-8,11-13H2,1H3,(H,24,29). The molecule has 0 radical (unpaired) electrons. The number of rotatable bonds is 4. The van der Waals surface area contributed by atoms with Crippen molar-refractivity contribution >= 4 is 34.4 Å². The maximum absolute atomic E-state index is 12.8. The maximum Gasteiger partial charge on any atom is 0.317 e. The Hall–Kier alpha value is -2.29. The first kappa shape index (κ1) is 21.0. The zero-order valence-electron chi connectivity index (χ0n) is 17.1. The largest absolute Gasteiger partial charge is 0.378 e. The van der Waals surface area contributed by atoms with Gasteiger partial charge < -0.3 is 30.2 Å². The zero-order valence-corrected chi connectivity index (χ0v) is 17.9. The molecule has 2 saturated heterocycles. The first-order chi connectivity index (χ1) is 14.5. The molecule has 4 rings (SSSR count). The highest BCUT2D eigenvalue weighted by Gasteiger charge is 2.32. The average molecular weight is 434 g/mol. The maximum atomic E-state index is 12.8. The number of amides is 3. The summed E-state index contributed by atoms with van der Waals surface area (Å²) < 4.78 is 5.41. The van der Waals surface area contributed by atoms with Crippen molar-refractivity contribution in [2.24, 2.45) is 0 Å². The minimum atomic E-state index is -0.285. The Morgan fingerprint density at radius 3 is 3.03 bits per heavy atom. The summed E-state index contributed by atoms with van der Waals surface area (Å²) in [6.45, 7) is 3.40. The van der Waals surface area contributed by atoms with Gasteiger partial charge in [-0.3, -0.25) is 4.79 Å². The highest BCUT2D eigenvalue weighted by Crippen LogP contribution is 2.20. The van der Waals surface area contributed by atoms with Gasteiger partial charge in [0.05, 0.1) is 25.8 Å².